The zero-order valence-corrected chi connectivity index (χ0v) is 9.33. The van der Waals surface area contributed by atoms with Crippen LogP contribution in [0.15, 0.2) is 24.3 Å². The van der Waals surface area contributed by atoms with Gasteiger partial charge in [0.25, 0.3) is 0 Å². The molecule has 14 heavy (non-hydrogen) atoms. The van der Waals surface area contributed by atoms with E-state index in [0.29, 0.717) is 5.92 Å². The molecule has 0 amide bonds. The molecule has 0 heterocycles. The molecule has 1 aromatic rings. The van der Waals surface area contributed by atoms with Gasteiger partial charge >= 0.3 is 0 Å². The highest BCUT2D eigenvalue weighted by Gasteiger charge is 2.09. The van der Waals surface area contributed by atoms with Gasteiger partial charge in [-0.2, -0.15) is 0 Å². The molecule has 0 spiro atoms. The number of rotatable bonds is 4. The van der Waals surface area contributed by atoms with Crippen LogP contribution in [0.4, 0.5) is 0 Å². The van der Waals surface area contributed by atoms with E-state index in [-0.39, 0.29) is 6.10 Å². The Hall–Kier alpha value is -0.820. The third kappa shape index (κ3) is 3.15. The largest absolute Gasteiger partial charge is 0.388 e. The van der Waals surface area contributed by atoms with Crippen molar-refractivity contribution in [1.29, 1.82) is 0 Å². The van der Waals surface area contributed by atoms with Gasteiger partial charge in [0.15, 0.2) is 0 Å². The standard InChI is InChI=1S/C13H20O/c1-10(2)8-9-13(14)12-7-5-4-6-11(12)3/h4-7,10,13-14H,8-9H2,1-3H3. The van der Waals surface area contributed by atoms with Crippen molar-refractivity contribution in [3.05, 3.63) is 35.4 Å². The molecule has 1 nitrogen and oxygen atoms in total. The van der Waals surface area contributed by atoms with Crippen LogP contribution in [0.3, 0.4) is 0 Å². The predicted molar refractivity (Wildman–Crippen MR) is 60.2 cm³/mol. The molecule has 1 unspecified atom stereocenters. The Morgan fingerprint density at radius 3 is 2.36 bits per heavy atom. The maximum atomic E-state index is 9.95. The number of aliphatic hydroxyl groups is 1. The molecule has 0 bridgehead atoms. The van der Waals surface area contributed by atoms with E-state index in [1.807, 2.05) is 31.2 Å². The van der Waals surface area contributed by atoms with Crippen molar-refractivity contribution >= 4 is 0 Å². The molecule has 1 aromatic carbocycles. The SMILES string of the molecule is Cc1ccccc1C(O)CCC(C)C. The highest BCUT2D eigenvalue weighted by atomic mass is 16.3. The van der Waals surface area contributed by atoms with Gasteiger partial charge in [-0.15, -0.1) is 0 Å². The average Bonchev–Trinajstić information content (AvgIpc) is 2.15. The lowest BCUT2D eigenvalue weighted by molar-refractivity contribution is 0.158. The Morgan fingerprint density at radius 2 is 1.79 bits per heavy atom. The summed E-state index contributed by atoms with van der Waals surface area (Å²) >= 11 is 0. The van der Waals surface area contributed by atoms with Crippen LogP contribution in [0, 0.1) is 12.8 Å². The number of hydrogen-bond donors (Lipinski definition) is 1. The van der Waals surface area contributed by atoms with Crippen molar-refractivity contribution < 1.29 is 5.11 Å². The maximum absolute atomic E-state index is 9.95. The Morgan fingerprint density at radius 1 is 1.14 bits per heavy atom. The van der Waals surface area contributed by atoms with Crippen LogP contribution in [0.1, 0.15) is 43.9 Å². The second-order valence-electron chi connectivity index (χ2n) is 4.34. The number of aryl methyl sites for hydroxylation is 1. The molecule has 0 saturated heterocycles. The first-order valence-electron chi connectivity index (χ1n) is 5.35. The Labute approximate surface area is 86.8 Å². The Bertz CT molecular complexity index is 278. The molecular formula is C13H20O. The molecule has 0 saturated carbocycles. The summed E-state index contributed by atoms with van der Waals surface area (Å²) in [5.74, 6) is 0.661. The van der Waals surface area contributed by atoms with Crippen molar-refractivity contribution in [2.75, 3.05) is 0 Å². The van der Waals surface area contributed by atoms with E-state index in [0.717, 1.165) is 18.4 Å². The molecule has 1 atom stereocenters. The monoisotopic (exact) mass is 192 g/mol. The van der Waals surface area contributed by atoms with Crippen molar-refractivity contribution in [1.82, 2.24) is 0 Å². The van der Waals surface area contributed by atoms with Gasteiger partial charge in [0.2, 0.25) is 0 Å². The second-order valence-corrected chi connectivity index (χ2v) is 4.34. The van der Waals surface area contributed by atoms with E-state index in [2.05, 4.69) is 13.8 Å². The highest BCUT2D eigenvalue weighted by Crippen LogP contribution is 2.23. The van der Waals surface area contributed by atoms with Crippen LogP contribution in [0.25, 0.3) is 0 Å². The normalized spacial score (nSPS) is 13.2. The van der Waals surface area contributed by atoms with Crippen molar-refractivity contribution in [2.24, 2.45) is 5.92 Å². The van der Waals surface area contributed by atoms with Crippen molar-refractivity contribution in [2.45, 2.75) is 39.7 Å². The van der Waals surface area contributed by atoms with Gasteiger partial charge in [-0.1, -0.05) is 38.1 Å². The van der Waals surface area contributed by atoms with Gasteiger partial charge in [0, 0.05) is 0 Å². The van der Waals surface area contributed by atoms with E-state index < -0.39 is 0 Å². The summed E-state index contributed by atoms with van der Waals surface area (Å²) in [6, 6.07) is 8.06. The minimum absolute atomic E-state index is 0.293. The van der Waals surface area contributed by atoms with Crippen LogP contribution >= 0.6 is 0 Å². The Kier molecular flexibility index (Phi) is 4.15. The summed E-state index contributed by atoms with van der Waals surface area (Å²) in [5, 5.41) is 9.95. The molecule has 0 aliphatic heterocycles. The Balaban J connectivity index is 2.60. The van der Waals surface area contributed by atoms with E-state index >= 15 is 0 Å². The zero-order valence-electron chi connectivity index (χ0n) is 9.33. The molecule has 1 rings (SSSR count). The van der Waals surface area contributed by atoms with Gasteiger partial charge in [-0.3, -0.25) is 0 Å². The summed E-state index contributed by atoms with van der Waals surface area (Å²) in [6.07, 6.45) is 1.65. The molecule has 1 N–H and O–H groups in total. The fraction of sp³-hybridized carbons (Fsp3) is 0.538. The second kappa shape index (κ2) is 5.16. The minimum atomic E-state index is -0.293. The topological polar surface area (TPSA) is 20.2 Å². The van der Waals surface area contributed by atoms with E-state index in [4.69, 9.17) is 0 Å². The first-order valence-corrected chi connectivity index (χ1v) is 5.35. The van der Waals surface area contributed by atoms with Crippen molar-refractivity contribution in [3.63, 3.8) is 0 Å². The first-order chi connectivity index (χ1) is 6.61. The number of aliphatic hydroxyl groups excluding tert-OH is 1. The van der Waals surface area contributed by atoms with Gasteiger partial charge in [-0.05, 0) is 36.8 Å². The van der Waals surface area contributed by atoms with Crippen molar-refractivity contribution in [3.8, 4) is 0 Å². The third-order valence-corrected chi connectivity index (χ3v) is 2.56. The summed E-state index contributed by atoms with van der Waals surface area (Å²) in [4.78, 5) is 0. The van der Waals surface area contributed by atoms with Gasteiger partial charge in [0.05, 0.1) is 6.10 Å². The first kappa shape index (κ1) is 11.3. The lowest BCUT2D eigenvalue weighted by Crippen LogP contribution is -2.01. The lowest BCUT2D eigenvalue weighted by Gasteiger charge is -2.14. The molecule has 0 fully saturated rings. The highest BCUT2D eigenvalue weighted by molar-refractivity contribution is 5.27. The van der Waals surface area contributed by atoms with E-state index in [9.17, 15) is 5.11 Å². The molecule has 0 radical (unpaired) electrons. The molecule has 0 aromatic heterocycles. The predicted octanol–water partition coefficient (Wildman–Crippen LogP) is 3.46. The smallest absolute Gasteiger partial charge is 0.0792 e. The fourth-order valence-corrected chi connectivity index (χ4v) is 1.61. The molecule has 1 heteroatoms. The lowest BCUT2D eigenvalue weighted by atomic mass is 9.97. The van der Waals surface area contributed by atoms with Gasteiger partial charge in [0.1, 0.15) is 0 Å². The quantitative estimate of drug-likeness (QED) is 0.774. The third-order valence-electron chi connectivity index (χ3n) is 2.56. The fourth-order valence-electron chi connectivity index (χ4n) is 1.61. The molecular weight excluding hydrogens is 172 g/mol. The summed E-state index contributed by atoms with van der Waals surface area (Å²) in [6.45, 7) is 6.42. The van der Waals surface area contributed by atoms with Crippen LogP contribution in [-0.2, 0) is 0 Å². The van der Waals surface area contributed by atoms with E-state index in [1.165, 1.54) is 5.56 Å². The van der Waals surface area contributed by atoms with E-state index in [1.54, 1.807) is 0 Å². The number of benzene rings is 1. The summed E-state index contributed by atoms with van der Waals surface area (Å²) in [7, 11) is 0. The maximum Gasteiger partial charge on any atom is 0.0792 e. The van der Waals surface area contributed by atoms with Gasteiger partial charge in [-0.25, -0.2) is 0 Å². The van der Waals surface area contributed by atoms with Gasteiger partial charge < -0.3 is 5.11 Å². The summed E-state index contributed by atoms with van der Waals surface area (Å²) in [5.41, 5.74) is 2.26. The van der Waals surface area contributed by atoms with Crippen LogP contribution in [0.5, 0.6) is 0 Å². The van der Waals surface area contributed by atoms with Crippen LogP contribution < -0.4 is 0 Å². The number of hydrogen-bond acceptors (Lipinski definition) is 1. The molecule has 0 aliphatic carbocycles. The zero-order chi connectivity index (χ0) is 10.6. The molecule has 0 aliphatic rings. The molecule has 78 valence electrons. The minimum Gasteiger partial charge on any atom is -0.388 e. The van der Waals surface area contributed by atoms with Crippen LogP contribution in [-0.4, -0.2) is 5.11 Å². The summed E-state index contributed by atoms with van der Waals surface area (Å²) < 4.78 is 0. The van der Waals surface area contributed by atoms with Crippen LogP contribution in [0.2, 0.25) is 0 Å². The average molecular weight is 192 g/mol.